The molecule has 0 aliphatic heterocycles. The van der Waals surface area contributed by atoms with Crippen LogP contribution in [0, 0.1) is 6.92 Å². The molecule has 72 valence electrons. The maximum atomic E-state index is 13.5. The minimum atomic E-state index is -1.25. The molecule has 14 heavy (non-hydrogen) atoms. The summed E-state index contributed by atoms with van der Waals surface area (Å²) in [6.45, 7) is 1.60. The van der Waals surface area contributed by atoms with Gasteiger partial charge in [0.1, 0.15) is 0 Å². The summed E-state index contributed by atoms with van der Waals surface area (Å²) < 4.78 is 13.5. The first-order chi connectivity index (χ1) is 6.63. The maximum absolute atomic E-state index is 13.5. The van der Waals surface area contributed by atoms with E-state index in [1.165, 1.54) is 0 Å². The van der Waals surface area contributed by atoms with Crippen molar-refractivity contribution in [1.29, 1.82) is 0 Å². The highest BCUT2D eigenvalue weighted by atomic mass is 19.2. The van der Waals surface area contributed by atoms with Crippen molar-refractivity contribution in [2.45, 2.75) is 6.92 Å². The van der Waals surface area contributed by atoms with E-state index in [-0.39, 0.29) is 10.5 Å². The van der Waals surface area contributed by atoms with Gasteiger partial charge in [0.05, 0.1) is 5.52 Å². The Morgan fingerprint density at radius 2 is 2.07 bits per heavy atom. The number of aromatic nitrogens is 1. The van der Waals surface area contributed by atoms with Crippen LogP contribution < -0.4 is 0 Å². The SMILES string of the molecule is Cc1c(C(=O)O)n(F)c2ccccc12. The molecule has 0 spiro atoms. The summed E-state index contributed by atoms with van der Waals surface area (Å²) in [6, 6.07) is 6.67. The van der Waals surface area contributed by atoms with Gasteiger partial charge in [-0.15, -0.1) is 0 Å². The van der Waals surface area contributed by atoms with Crippen molar-refractivity contribution >= 4 is 16.9 Å². The molecule has 1 N–H and O–H groups in total. The highest BCUT2D eigenvalue weighted by Crippen LogP contribution is 2.25. The molecule has 0 radical (unpaired) electrons. The van der Waals surface area contributed by atoms with Crippen LogP contribution in [0.25, 0.3) is 10.9 Å². The maximum Gasteiger partial charge on any atom is 0.355 e. The van der Waals surface area contributed by atoms with Gasteiger partial charge in [-0.3, -0.25) is 0 Å². The normalized spacial score (nSPS) is 10.7. The first-order valence-corrected chi connectivity index (χ1v) is 4.12. The molecule has 2 aromatic rings. The zero-order valence-electron chi connectivity index (χ0n) is 7.49. The van der Waals surface area contributed by atoms with Crippen molar-refractivity contribution in [3.63, 3.8) is 0 Å². The molecular weight excluding hydrogens is 185 g/mol. The van der Waals surface area contributed by atoms with Gasteiger partial charge < -0.3 is 5.11 Å². The minimum absolute atomic E-state index is 0.215. The number of carboxylic acids is 1. The van der Waals surface area contributed by atoms with Gasteiger partial charge in [-0.1, -0.05) is 22.7 Å². The smallest absolute Gasteiger partial charge is 0.355 e. The Bertz CT molecular complexity index is 477. The lowest BCUT2D eigenvalue weighted by atomic mass is 10.1. The number of aromatic carboxylic acids is 1. The molecule has 1 aromatic heterocycles. The van der Waals surface area contributed by atoms with Gasteiger partial charge in [0.2, 0.25) is 0 Å². The third-order valence-electron chi connectivity index (χ3n) is 2.27. The van der Waals surface area contributed by atoms with Crippen LogP contribution in [0.1, 0.15) is 16.1 Å². The molecule has 0 saturated heterocycles. The lowest BCUT2D eigenvalue weighted by Gasteiger charge is -1.93. The number of halogens is 1. The number of rotatable bonds is 1. The standard InChI is InChI=1S/C10H8FNO2/c1-6-7-4-2-3-5-8(7)12(11)9(6)10(13)14/h2-5H,1H3,(H,13,14). The Morgan fingerprint density at radius 3 is 2.64 bits per heavy atom. The largest absolute Gasteiger partial charge is 0.476 e. The molecule has 1 heterocycles. The van der Waals surface area contributed by atoms with Gasteiger partial charge >= 0.3 is 5.97 Å². The topological polar surface area (TPSA) is 42.2 Å². The van der Waals surface area contributed by atoms with Crippen LogP contribution in [0.15, 0.2) is 24.3 Å². The van der Waals surface area contributed by atoms with E-state index in [1.54, 1.807) is 31.2 Å². The van der Waals surface area contributed by atoms with Crippen molar-refractivity contribution in [1.82, 2.24) is 4.79 Å². The van der Waals surface area contributed by atoms with Crippen LogP contribution in [0.4, 0.5) is 4.48 Å². The van der Waals surface area contributed by atoms with Crippen LogP contribution >= 0.6 is 0 Å². The Kier molecular flexibility index (Phi) is 1.77. The van der Waals surface area contributed by atoms with Gasteiger partial charge in [0.15, 0.2) is 5.69 Å². The third kappa shape index (κ3) is 1.00. The molecule has 1 aromatic carbocycles. The summed E-state index contributed by atoms with van der Waals surface area (Å²) in [5, 5.41) is 9.42. The first kappa shape index (κ1) is 8.74. The Morgan fingerprint density at radius 1 is 1.43 bits per heavy atom. The quantitative estimate of drug-likeness (QED) is 0.755. The number of aryl methyl sites for hydroxylation is 1. The van der Waals surface area contributed by atoms with Crippen LogP contribution in [0.2, 0.25) is 0 Å². The fourth-order valence-electron chi connectivity index (χ4n) is 1.60. The highest BCUT2D eigenvalue weighted by molar-refractivity contribution is 5.97. The van der Waals surface area contributed by atoms with E-state index >= 15 is 0 Å². The highest BCUT2D eigenvalue weighted by Gasteiger charge is 2.18. The number of nitrogens with zero attached hydrogens (tertiary/aromatic N) is 1. The van der Waals surface area contributed by atoms with E-state index in [0.717, 1.165) is 0 Å². The molecule has 0 saturated carbocycles. The lowest BCUT2D eigenvalue weighted by Crippen LogP contribution is -2.03. The average molecular weight is 193 g/mol. The molecule has 0 aliphatic rings. The van der Waals surface area contributed by atoms with E-state index in [2.05, 4.69) is 0 Å². The molecule has 3 nitrogen and oxygen atoms in total. The molecule has 0 fully saturated rings. The summed E-state index contributed by atoms with van der Waals surface area (Å²) >= 11 is 0. The van der Waals surface area contributed by atoms with Crippen molar-refractivity contribution in [2.24, 2.45) is 0 Å². The summed E-state index contributed by atoms with van der Waals surface area (Å²) in [6.07, 6.45) is 0. The van der Waals surface area contributed by atoms with Gasteiger partial charge in [0.25, 0.3) is 0 Å². The summed E-state index contributed by atoms with van der Waals surface area (Å²) in [4.78, 5) is 11.0. The number of carboxylic acid groups (broad SMARTS) is 1. The molecule has 0 atom stereocenters. The fraction of sp³-hybridized carbons (Fsp3) is 0.100. The van der Waals surface area contributed by atoms with Crippen LogP contribution in [-0.2, 0) is 0 Å². The second kappa shape index (κ2) is 2.83. The molecule has 0 amide bonds. The summed E-state index contributed by atoms with van der Waals surface area (Å²) in [5.74, 6) is -1.25. The van der Waals surface area contributed by atoms with Crippen molar-refractivity contribution < 1.29 is 14.4 Å². The van der Waals surface area contributed by atoms with E-state index in [9.17, 15) is 9.28 Å². The van der Waals surface area contributed by atoms with E-state index < -0.39 is 5.97 Å². The molecular formula is C10H8FNO2. The van der Waals surface area contributed by atoms with Gasteiger partial charge in [0, 0.05) is 5.39 Å². The van der Waals surface area contributed by atoms with Crippen molar-refractivity contribution in [3.8, 4) is 0 Å². The predicted octanol–water partition coefficient (Wildman–Crippen LogP) is 2.38. The van der Waals surface area contributed by atoms with Crippen molar-refractivity contribution in [2.75, 3.05) is 0 Å². The summed E-state index contributed by atoms with van der Waals surface area (Å²) in [5.41, 5.74) is 0.448. The molecule has 0 unspecified atom stereocenters. The predicted molar refractivity (Wildman–Crippen MR) is 50.1 cm³/mol. The van der Waals surface area contributed by atoms with E-state index in [4.69, 9.17) is 5.11 Å². The fourth-order valence-corrected chi connectivity index (χ4v) is 1.60. The number of para-hydroxylation sites is 1. The Labute approximate surface area is 79.3 Å². The van der Waals surface area contributed by atoms with Crippen LogP contribution in [0.3, 0.4) is 0 Å². The van der Waals surface area contributed by atoms with Crippen LogP contribution in [-0.4, -0.2) is 15.9 Å². The van der Waals surface area contributed by atoms with Gasteiger partial charge in [-0.25, -0.2) is 4.79 Å². The second-order valence-corrected chi connectivity index (χ2v) is 3.08. The Hall–Kier alpha value is -1.84. The third-order valence-corrected chi connectivity index (χ3v) is 2.27. The minimum Gasteiger partial charge on any atom is -0.476 e. The second-order valence-electron chi connectivity index (χ2n) is 3.08. The van der Waals surface area contributed by atoms with Crippen molar-refractivity contribution in [3.05, 3.63) is 35.5 Å². The number of fused-ring (bicyclic) bond motifs is 1. The van der Waals surface area contributed by atoms with Gasteiger partial charge in [-0.05, 0) is 18.6 Å². The average Bonchev–Trinajstić information content (AvgIpc) is 2.41. The van der Waals surface area contributed by atoms with E-state index in [1.807, 2.05) is 0 Å². The Balaban J connectivity index is 2.92. The summed E-state index contributed by atoms with van der Waals surface area (Å²) in [7, 11) is 0. The van der Waals surface area contributed by atoms with E-state index in [0.29, 0.717) is 16.5 Å². The number of carbonyl (C=O) groups is 1. The van der Waals surface area contributed by atoms with Gasteiger partial charge in [-0.2, -0.15) is 4.79 Å². The molecule has 4 heteroatoms. The monoisotopic (exact) mass is 193 g/mol. The first-order valence-electron chi connectivity index (χ1n) is 4.12. The number of hydrogen-bond donors (Lipinski definition) is 1. The number of benzene rings is 1. The molecule has 0 bridgehead atoms. The lowest BCUT2D eigenvalue weighted by molar-refractivity contribution is 0.0674. The number of hydrogen-bond acceptors (Lipinski definition) is 1. The zero-order valence-corrected chi connectivity index (χ0v) is 7.49. The molecule has 2 rings (SSSR count). The molecule has 0 aliphatic carbocycles. The van der Waals surface area contributed by atoms with Crippen LogP contribution in [0.5, 0.6) is 0 Å². The zero-order chi connectivity index (χ0) is 10.3.